The summed E-state index contributed by atoms with van der Waals surface area (Å²) >= 11 is 8.36. The molecular formula is C19H31Cl3N4O2S. The lowest BCUT2D eigenvalue weighted by molar-refractivity contribution is 0.0700. The van der Waals surface area contributed by atoms with Gasteiger partial charge >= 0.3 is 0 Å². The number of halogens is 3. The Morgan fingerprint density at radius 1 is 1.10 bits per heavy atom. The molecule has 2 heterocycles. The van der Waals surface area contributed by atoms with Crippen molar-refractivity contribution in [2.75, 3.05) is 44.3 Å². The molecule has 10 heteroatoms. The number of hydrogen-bond acceptors (Lipinski definition) is 6. The number of imidazole rings is 1. The largest absolute Gasteiger partial charge is 0.395 e. The number of H-pyrrole nitrogens is 1. The Bertz CT molecular complexity index is 748. The monoisotopic (exact) mass is 484 g/mol. The lowest BCUT2D eigenvalue weighted by atomic mass is 10.2. The maximum Gasteiger partial charge on any atom is 0.166 e. The predicted molar refractivity (Wildman–Crippen MR) is 128 cm³/mol. The lowest BCUT2D eigenvalue weighted by Gasteiger charge is -2.39. The fourth-order valence-corrected chi connectivity index (χ4v) is 4.78. The van der Waals surface area contributed by atoms with Crippen molar-refractivity contribution in [1.29, 1.82) is 0 Å². The lowest BCUT2D eigenvalue weighted by Crippen LogP contribution is -2.52. The van der Waals surface area contributed by atoms with Gasteiger partial charge in [0.05, 0.1) is 41.0 Å². The van der Waals surface area contributed by atoms with E-state index in [-0.39, 0.29) is 44.1 Å². The molecule has 1 aromatic heterocycles. The summed E-state index contributed by atoms with van der Waals surface area (Å²) in [7, 11) is 0. The number of rotatable bonds is 8. The molecule has 2 aromatic rings. The number of anilines is 1. The zero-order chi connectivity index (χ0) is 19.4. The minimum Gasteiger partial charge on any atom is -0.395 e. The van der Waals surface area contributed by atoms with Gasteiger partial charge in [0.2, 0.25) is 0 Å². The van der Waals surface area contributed by atoms with Crippen molar-refractivity contribution < 1.29 is 10.2 Å². The summed E-state index contributed by atoms with van der Waals surface area (Å²) in [5.74, 6) is 0. The third-order valence-electron chi connectivity index (χ3n) is 5.31. The molecule has 0 aliphatic carbocycles. The van der Waals surface area contributed by atoms with Crippen molar-refractivity contribution in [3.05, 3.63) is 17.2 Å². The standard InChI is InChI=1S/C19H29ClN4O2S.2ClH/c1-3-14(4-2)27-19-21-16-9-15(20)18(10-17(16)22-19)24-7-5-23(6-8-24)13(11-25)12-26;;/h9-10,13-14,25-26H,3-8,11-12H2,1-2H3,(H,21,22);2*1H. The van der Waals surface area contributed by atoms with E-state index in [1.54, 1.807) is 11.8 Å². The molecule has 1 fully saturated rings. The van der Waals surface area contributed by atoms with Crippen LogP contribution in [0.25, 0.3) is 11.0 Å². The first-order valence-electron chi connectivity index (χ1n) is 9.66. The van der Waals surface area contributed by atoms with E-state index in [0.29, 0.717) is 5.25 Å². The molecule has 0 spiro atoms. The van der Waals surface area contributed by atoms with E-state index in [1.165, 1.54) is 0 Å². The summed E-state index contributed by atoms with van der Waals surface area (Å²) in [5, 5.41) is 21.0. The average molecular weight is 486 g/mol. The highest BCUT2D eigenvalue weighted by Gasteiger charge is 2.24. The van der Waals surface area contributed by atoms with Crippen LogP contribution in [-0.2, 0) is 0 Å². The quantitative estimate of drug-likeness (QED) is 0.494. The molecule has 1 aromatic carbocycles. The van der Waals surface area contributed by atoms with Crippen LogP contribution in [-0.4, -0.2) is 75.8 Å². The number of fused-ring (bicyclic) bond motifs is 1. The molecular weight excluding hydrogens is 455 g/mol. The van der Waals surface area contributed by atoms with Crippen molar-refractivity contribution in [2.24, 2.45) is 0 Å². The van der Waals surface area contributed by atoms with Gasteiger partial charge < -0.3 is 20.1 Å². The van der Waals surface area contributed by atoms with Gasteiger partial charge in [-0.3, -0.25) is 4.90 Å². The van der Waals surface area contributed by atoms with E-state index < -0.39 is 0 Å². The zero-order valence-corrected chi connectivity index (χ0v) is 20.0. The number of nitrogens with zero attached hydrogens (tertiary/aromatic N) is 3. The molecule has 0 saturated carbocycles. The molecule has 3 rings (SSSR count). The molecule has 1 saturated heterocycles. The van der Waals surface area contributed by atoms with E-state index in [2.05, 4.69) is 34.7 Å². The molecule has 29 heavy (non-hydrogen) atoms. The van der Waals surface area contributed by atoms with Crippen LogP contribution >= 0.6 is 48.2 Å². The van der Waals surface area contributed by atoms with Crippen LogP contribution in [0, 0.1) is 0 Å². The van der Waals surface area contributed by atoms with Crippen molar-refractivity contribution in [1.82, 2.24) is 14.9 Å². The first-order valence-corrected chi connectivity index (χ1v) is 10.9. The molecule has 166 valence electrons. The first-order chi connectivity index (χ1) is 13.1. The van der Waals surface area contributed by atoms with Crippen molar-refractivity contribution in [3.63, 3.8) is 0 Å². The highest BCUT2D eigenvalue weighted by Crippen LogP contribution is 2.33. The summed E-state index contributed by atoms with van der Waals surface area (Å²) < 4.78 is 0. The second kappa shape index (κ2) is 12.4. The Balaban J connectivity index is 0.00000210. The van der Waals surface area contributed by atoms with Gasteiger partial charge in [0, 0.05) is 31.4 Å². The molecule has 0 amide bonds. The second-order valence-electron chi connectivity index (χ2n) is 6.96. The number of aromatic nitrogens is 2. The van der Waals surface area contributed by atoms with Crippen LogP contribution in [0.3, 0.4) is 0 Å². The van der Waals surface area contributed by atoms with E-state index in [4.69, 9.17) is 16.6 Å². The van der Waals surface area contributed by atoms with E-state index in [0.717, 1.165) is 65.9 Å². The van der Waals surface area contributed by atoms with Crippen LogP contribution in [0.15, 0.2) is 17.3 Å². The van der Waals surface area contributed by atoms with Gasteiger partial charge in [-0.2, -0.15) is 0 Å². The first kappa shape index (κ1) is 26.6. The Kier molecular flexibility index (Phi) is 11.4. The van der Waals surface area contributed by atoms with Crippen molar-refractivity contribution in [2.45, 2.75) is 43.1 Å². The summed E-state index contributed by atoms with van der Waals surface area (Å²) in [5.41, 5.74) is 2.91. The molecule has 3 N–H and O–H groups in total. The fraction of sp³-hybridized carbons (Fsp3) is 0.632. The smallest absolute Gasteiger partial charge is 0.166 e. The summed E-state index contributed by atoms with van der Waals surface area (Å²) in [6.45, 7) is 7.56. The van der Waals surface area contributed by atoms with E-state index in [1.807, 2.05) is 6.07 Å². The highest BCUT2D eigenvalue weighted by molar-refractivity contribution is 7.99. The third-order valence-corrected chi connectivity index (χ3v) is 7.03. The number of aliphatic hydroxyl groups excluding tert-OH is 2. The van der Waals surface area contributed by atoms with Gasteiger partial charge in [0.1, 0.15) is 0 Å². The summed E-state index contributed by atoms with van der Waals surface area (Å²) in [6, 6.07) is 3.85. The molecule has 0 atom stereocenters. The van der Waals surface area contributed by atoms with Gasteiger partial charge in [0.15, 0.2) is 5.16 Å². The number of aromatic amines is 1. The Morgan fingerprint density at radius 2 is 1.72 bits per heavy atom. The van der Waals surface area contributed by atoms with Crippen LogP contribution in [0.1, 0.15) is 26.7 Å². The number of aliphatic hydroxyl groups is 2. The molecule has 0 bridgehead atoms. The van der Waals surface area contributed by atoms with Crippen molar-refractivity contribution >= 4 is 64.9 Å². The van der Waals surface area contributed by atoms with Crippen LogP contribution in [0.5, 0.6) is 0 Å². The van der Waals surface area contributed by atoms with Gasteiger partial charge in [0.25, 0.3) is 0 Å². The molecule has 1 aliphatic rings. The number of piperazine rings is 1. The molecule has 1 aliphatic heterocycles. The minimum atomic E-state index is -0.180. The van der Waals surface area contributed by atoms with Gasteiger partial charge in [-0.05, 0) is 25.0 Å². The maximum absolute atomic E-state index is 9.37. The normalized spacial score (nSPS) is 15.1. The Hall–Kier alpha value is -0.410. The topological polar surface area (TPSA) is 75.6 Å². The van der Waals surface area contributed by atoms with E-state index >= 15 is 0 Å². The number of hydrogen-bond donors (Lipinski definition) is 3. The average Bonchev–Trinajstić information content (AvgIpc) is 3.08. The highest BCUT2D eigenvalue weighted by atomic mass is 35.5. The third kappa shape index (κ3) is 6.29. The maximum atomic E-state index is 9.37. The Morgan fingerprint density at radius 3 is 2.28 bits per heavy atom. The summed E-state index contributed by atoms with van der Waals surface area (Å²) in [4.78, 5) is 12.5. The fourth-order valence-electron chi connectivity index (χ4n) is 3.52. The SMILES string of the molecule is CCC(CC)Sc1nc2cc(N3CCN(C(CO)CO)CC3)c(Cl)cc2[nH]1.Cl.Cl. The minimum absolute atomic E-state index is 0. The van der Waals surface area contributed by atoms with E-state index in [9.17, 15) is 10.2 Å². The number of thioether (sulfide) groups is 1. The van der Waals surface area contributed by atoms with Crippen molar-refractivity contribution in [3.8, 4) is 0 Å². The van der Waals surface area contributed by atoms with Gasteiger partial charge in [-0.25, -0.2) is 4.98 Å². The zero-order valence-electron chi connectivity index (χ0n) is 16.8. The van der Waals surface area contributed by atoms with Crippen LogP contribution in [0.2, 0.25) is 5.02 Å². The Labute approximate surface area is 194 Å². The van der Waals surface area contributed by atoms with Gasteiger partial charge in [-0.15, -0.1) is 24.8 Å². The van der Waals surface area contributed by atoms with Crippen LogP contribution < -0.4 is 4.90 Å². The second-order valence-corrected chi connectivity index (χ2v) is 8.66. The number of nitrogens with one attached hydrogen (secondary N) is 1. The van der Waals surface area contributed by atoms with Gasteiger partial charge in [-0.1, -0.05) is 37.2 Å². The predicted octanol–water partition coefficient (Wildman–Crippen LogP) is 3.82. The number of benzene rings is 1. The summed E-state index contributed by atoms with van der Waals surface area (Å²) in [6.07, 6.45) is 2.24. The van der Waals surface area contributed by atoms with Crippen LogP contribution in [0.4, 0.5) is 5.69 Å². The molecule has 0 radical (unpaired) electrons. The molecule has 6 nitrogen and oxygen atoms in total. The molecule has 0 unspecified atom stereocenters.